The lowest BCUT2D eigenvalue weighted by Gasteiger charge is -2.43. The maximum Gasteiger partial charge on any atom is 0.325 e. The number of amides is 3. The lowest BCUT2D eigenvalue weighted by molar-refractivity contribution is -0.157. The number of hydrogen-bond donors (Lipinski definition) is 3. The summed E-state index contributed by atoms with van der Waals surface area (Å²) in [6, 6.07) is 7.05. The minimum atomic E-state index is -2.31. The van der Waals surface area contributed by atoms with E-state index in [-0.39, 0.29) is 16.9 Å². The standard InChI is InChI=1S/C37H55N5O6Si/c1-22(2)31-32(43)38-23(3)33(44)42-20-12-13-29(41-42)34(45)47-24(4)28-17-16-27-15-14-26(21-30(27)39-28)18-19-37(9,35(46)40-31)25(5)48-49(10,11)36(6,7)8/h14-19,21-25,29,31,41H,12-13,20H2,1-11H3,(H,38,43)(H,40,46)/b19-18+/t23-,24+,25?,29-,31-,37?/m0/s1. The number of hydrogen-bond acceptors (Lipinski definition) is 8. The number of benzene rings is 1. The van der Waals surface area contributed by atoms with Crippen molar-refractivity contribution in [1.82, 2.24) is 26.1 Å². The van der Waals surface area contributed by atoms with E-state index in [2.05, 4.69) is 49.9 Å². The molecule has 3 heterocycles. The number of hydrazine groups is 1. The maximum absolute atomic E-state index is 14.4. The van der Waals surface area contributed by atoms with Crippen molar-refractivity contribution in [2.45, 2.75) is 124 Å². The third kappa shape index (κ3) is 8.58. The Morgan fingerprint density at radius 1 is 1.04 bits per heavy atom. The lowest BCUT2D eigenvalue weighted by Crippen LogP contribution is -2.61. The van der Waals surface area contributed by atoms with E-state index in [1.165, 1.54) is 5.01 Å². The van der Waals surface area contributed by atoms with Gasteiger partial charge in [0.2, 0.25) is 11.8 Å². The number of carbonyl (C=O) groups excluding carboxylic acids is 4. The maximum atomic E-state index is 14.4. The van der Waals surface area contributed by atoms with Crippen LogP contribution in [0.3, 0.4) is 0 Å². The Hall–Kier alpha value is -3.61. The van der Waals surface area contributed by atoms with Gasteiger partial charge in [-0.25, -0.2) is 10.4 Å². The van der Waals surface area contributed by atoms with Crippen LogP contribution in [-0.4, -0.2) is 72.8 Å². The molecule has 0 aliphatic carbocycles. The molecule has 11 nitrogen and oxygen atoms in total. The van der Waals surface area contributed by atoms with Gasteiger partial charge in [-0.05, 0) is 82.3 Å². The number of pyridine rings is 1. The Balaban J connectivity index is 1.80. The van der Waals surface area contributed by atoms with E-state index in [1.807, 2.05) is 70.2 Å². The fourth-order valence-corrected chi connectivity index (χ4v) is 7.23. The molecule has 49 heavy (non-hydrogen) atoms. The highest BCUT2D eigenvalue weighted by molar-refractivity contribution is 6.74. The summed E-state index contributed by atoms with van der Waals surface area (Å²) >= 11 is 0. The van der Waals surface area contributed by atoms with Gasteiger partial charge in [-0.1, -0.05) is 65.0 Å². The quantitative estimate of drug-likeness (QED) is 0.285. The van der Waals surface area contributed by atoms with Gasteiger partial charge in [0.15, 0.2) is 8.32 Å². The summed E-state index contributed by atoms with van der Waals surface area (Å²) in [4.78, 5) is 59.6. The molecule has 1 saturated heterocycles. The number of ether oxygens (including phenoxy) is 1. The van der Waals surface area contributed by atoms with Crippen molar-refractivity contribution in [3.8, 4) is 0 Å². The van der Waals surface area contributed by atoms with Crippen molar-refractivity contribution >= 4 is 49.0 Å². The Labute approximate surface area is 292 Å². The summed E-state index contributed by atoms with van der Waals surface area (Å²) < 4.78 is 12.6. The molecule has 2 aromatic rings. The van der Waals surface area contributed by atoms with Crippen LogP contribution in [0.5, 0.6) is 0 Å². The number of cyclic esters (lactones) is 1. The number of rotatable bonds is 4. The van der Waals surface area contributed by atoms with Gasteiger partial charge in [0, 0.05) is 11.9 Å². The van der Waals surface area contributed by atoms with E-state index >= 15 is 0 Å². The zero-order valence-corrected chi connectivity index (χ0v) is 32.0. The number of fused-ring (bicyclic) bond motifs is 4. The molecule has 2 unspecified atom stereocenters. The number of esters is 1. The second-order valence-electron chi connectivity index (χ2n) is 15.6. The highest BCUT2D eigenvalue weighted by atomic mass is 28.4. The molecule has 4 rings (SSSR count). The monoisotopic (exact) mass is 693 g/mol. The van der Waals surface area contributed by atoms with Gasteiger partial charge in [0.25, 0.3) is 5.91 Å². The van der Waals surface area contributed by atoms with E-state index in [0.29, 0.717) is 30.6 Å². The molecule has 0 radical (unpaired) electrons. The van der Waals surface area contributed by atoms with Crippen LogP contribution in [0.25, 0.3) is 17.0 Å². The molecule has 0 spiro atoms. The summed E-state index contributed by atoms with van der Waals surface area (Å²) in [7, 11) is -2.31. The molecule has 0 saturated carbocycles. The van der Waals surface area contributed by atoms with Crippen molar-refractivity contribution < 1.29 is 28.3 Å². The van der Waals surface area contributed by atoms with Gasteiger partial charge in [-0.3, -0.25) is 24.2 Å². The first-order valence-corrected chi connectivity index (χ1v) is 20.3. The van der Waals surface area contributed by atoms with Gasteiger partial charge in [0.05, 0.1) is 22.7 Å². The van der Waals surface area contributed by atoms with Crippen molar-refractivity contribution in [2.75, 3.05) is 6.54 Å². The van der Waals surface area contributed by atoms with Crippen LogP contribution in [0.4, 0.5) is 0 Å². The molecule has 2 aliphatic rings. The molecular weight excluding hydrogens is 639 g/mol. The molecule has 1 fully saturated rings. The summed E-state index contributed by atoms with van der Waals surface area (Å²) in [5.74, 6) is -2.00. The molecule has 1 aromatic heterocycles. The number of carbonyl (C=O) groups is 4. The highest BCUT2D eigenvalue weighted by Gasteiger charge is 2.46. The van der Waals surface area contributed by atoms with Crippen LogP contribution in [0.15, 0.2) is 36.4 Å². The van der Waals surface area contributed by atoms with E-state index < -0.39 is 61.8 Å². The van der Waals surface area contributed by atoms with Crippen LogP contribution in [0, 0.1) is 11.3 Å². The van der Waals surface area contributed by atoms with Crippen LogP contribution < -0.4 is 16.1 Å². The highest BCUT2D eigenvalue weighted by Crippen LogP contribution is 2.40. The van der Waals surface area contributed by atoms with Crippen molar-refractivity contribution in [1.29, 1.82) is 0 Å². The van der Waals surface area contributed by atoms with E-state index in [0.717, 1.165) is 10.9 Å². The smallest absolute Gasteiger partial charge is 0.325 e. The average molecular weight is 694 g/mol. The SMILES string of the molecule is CC(C)[C@@H]1NC(=O)C(C)(C(C)O[Si](C)(C)C(C)(C)C)/C=C/c2ccc3ccc(nc3c2)[C@@H](C)OC(=O)[C@@H]2CCCN(N2)C(=O)[C@H](C)NC1=O. The molecule has 3 amide bonds. The number of nitrogens with one attached hydrogen (secondary N) is 3. The fourth-order valence-electron chi connectivity index (χ4n) is 5.75. The predicted molar refractivity (Wildman–Crippen MR) is 193 cm³/mol. The van der Waals surface area contributed by atoms with Gasteiger partial charge in [-0.2, -0.15) is 0 Å². The van der Waals surface area contributed by atoms with Crippen molar-refractivity contribution in [3.05, 3.63) is 47.7 Å². The Bertz CT molecular complexity index is 1600. The molecule has 5 bridgehead atoms. The van der Waals surface area contributed by atoms with Crippen LogP contribution in [0.1, 0.15) is 92.5 Å². The molecule has 12 heteroatoms. The average Bonchev–Trinajstić information content (AvgIpc) is 3.03. The summed E-state index contributed by atoms with van der Waals surface area (Å²) in [6.07, 6.45) is 3.63. The number of aromatic nitrogens is 1. The zero-order valence-electron chi connectivity index (χ0n) is 31.0. The summed E-state index contributed by atoms with van der Waals surface area (Å²) in [5.41, 5.74) is 3.95. The van der Waals surface area contributed by atoms with Gasteiger partial charge in [0.1, 0.15) is 24.2 Å². The molecule has 2 aliphatic heterocycles. The Kier molecular flexibility index (Phi) is 11.5. The molecule has 6 atom stereocenters. The second kappa shape index (κ2) is 14.7. The zero-order chi connectivity index (χ0) is 36.5. The normalized spacial score (nSPS) is 27.8. The molecular formula is C37H55N5O6Si. The summed E-state index contributed by atoms with van der Waals surface area (Å²) in [6.45, 7) is 21.9. The van der Waals surface area contributed by atoms with Gasteiger partial charge >= 0.3 is 5.97 Å². The first-order valence-electron chi connectivity index (χ1n) is 17.4. The van der Waals surface area contributed by atoms with E-state index in [9.17, 15) is 19.2 Å². The molecule has 3 N–H and O–H groups in total. The Morgan fingerprint density at radius 3 is 2.37 bits per heavy atom. The van der Waals surface area contributed by atoms with Crippen LogP contribution >= 0.6 is 0 Å². The van der Waals surface area contributed by atoms with Gasteiger partial charge < -0.3 is 19.8 Å². The third-order valence-electron chi connectivity index (χ3n) is 10.4. The first-order chi connectivity index (χ1) is 22.7. The minimum absolute atomic E-state index is 0.0940. The van der Waals surface area contributed by atoms with E-state index in [1.54, 1.807) is 13.8 Å². The largest absolute Gasteiger partial charge is 0.455 e. The second-order valence-corrected chi connectivity index (χ2v) is 20.4. The summed E-state index contributed by atoms with van der Waals surface area (Å²) in [5, 5.41) is 8.01. The van der Waals surface area contributed by atoms with Crippen LogP contribution in [0.2, 0.25) is 18.1 Å². The molecule has 1 aromatic carbocycles. The minimum Gasteiger partial charge on any atom is -0.455 e. The predicted octanol–water partition coefficient (Wildman–Crippen LogP) is 5.42. The van der Waals surface area contributed by atoms with Crippen molar-refractivity contribution in [3.63, 3.8) is 0 Å². The van der Waals surface area contributed by atoms with Gasteiger partial charge in [-0.15, -0.1) is 0 Å². The van der Waals surface area contributed by atoms with E-state index in [4.69, 9.17) is 14.1 Å². The first kappa shape index (κ1) is 38.2. The number of nitrogens with zero attached hydrogens (tertiary/aromatic N) is 2. The molecule has 268 valence electrons. The fraction of sp³-hybridized carbons (Fsp3) is 0.595. The van der Waals surface area contributed by atoms with Crippen LogP contribution in [-0.2, 0) is 28.3 Å². The van der Waals surface area contributed by atoms with Crippen molar-refractivity contribution in [2.24, 2.45) is 11.3 Å². The lowest BCUT2D eigenvalue weighted by atomic mass is 9.82. The third-order valence-corrected chi connectivity index (χ3v) is 14.9. The topological polar surface area (TPSA) is 139 Å². The Morgan fingerprint density at radius 2 is 1.71 bits per heavy atom.